The Morgan fingerprint density at radius 2 is 2.07 bits per heavy atom. The summed E-state index contributed by atoms with van der Waals surface area (Å²) in [5.74, 6) is -0.0405. The molecule has 0 bridgehead atoms. The number of ether oxygens (including phenoxy) is 2. The number of carbonyl (C=O) groups is 1. The molecule has 1 atom stereocenters. The van der Waals surface area contributed by atoms with Gasteiger partial charge < -0.3 is 19.5 Å². The second kappa shape index (κ2) is 8.64. The summed E-state index contributed by atoms with van der Waals surface area (Å²) in [6.07, 6.45) is 0.150. The van der Waals surface area contributed by atoms with E-state index in [1.54, 1.807) is 12.0 Å². The molecule has 0 fully saturated rings. The second-order valence-corrected chi connectivity index (χ2v) is 3.42. The molecular weight excluding hydrogens is 198 g/mol. The first kappa shape index (κ1) is 14.3. The van der Waals surface area contributed by atoms with Gasteiger partial charge >= 0.3 is 0 Å². The van der Waals surface area contributed by atoms with Gasteiger partial charge in [0.2, 0.25) is 5.91 Å². The van der Waals surface area contributed by atoms with Gasteiger partial charge in [-0.1, -0.05) is 0 Å². The molecule has 0 aliphatic carbocycles. The van der Waals surface area contributed by atoms with E-state index in [1.165, 1.54) is 14.0 Å². The minimum Gasteiger partial charge on any atom is -0.389 e. The molecule has 1 unspecified atom stereocenters. The first-order valence-corrected chi connectivity index (χ1v) is 5.03. The lowest BCUT2D eigenvalue weighted by Gasteiger charge is -2.23. The first-order valence-electron chi connectivity index (χ1n) is 5.03. The topological polar surface area (TPSA) is 59.0 Å². The summed E-state index contributed by atoms with van der Waals surface area (Å²) in [5.41, 5.74) is 0. The lowest BCUT2D eigenvalue weighted by Crippen LogP contribution is -2.38. The molecule has 90 valence electrons. The normalized spacial score (nSPS) is 12.5. The number of methoxy groups -OCH3 is 2. The van der Waals surface area contributed by atoms with Crippen molar-refractivity contribution < 1.29 is 19.4 Å². The third-order valence-electron chi connectivity index (χ3n) is 2.01. The Kier molecular flexibility index (Phi) is 8.27. The van der Waals surface area contributed by atoms with E-state index in [0.29, 0.717) is 19.7 Å². The number of amides is 1. The third kappa shape index (κ3) is 7.30. The highest BCUT2D eigenvalue weighted by molar-refractivity contribution is 5.73. The quantitative estimate of drug-likeness (QED) is 0.578. The van der Waals surface area contributed by atoms with Crippen molar-refractivity contribution in [2.75, 3.05) is 40.5 Å². The molecule has 5 nitrogen and oxygen atoms in total. The summed E-state index contributed by atoms with van der Waals surface area (Å²) >= 11 is 0. The smallest absolute Gasteiger partial charge is 0.219 e. The van der Waals surface area contributed by atoms with Crippen LogP contribution in [-0.2, 0) is 14.3 Å². The lowest BCUT2D eigenvalue weighted by molar-refractivity contribution is -0.130. The lowest BCUT2D eigenvalue weighted by atomic mass is 10.3. The summed E-state index contributed by atoms with van der Waals surface area (Å²) in [6, 6.07) is 0. The maximum Gasteiger partial charge on any atom is 0.219 e. The van der Waals surface area contributed by atoms with Gasteiger partial charge in [-0.3, -0.25) is 4.79 Å². The molecule has 5 heteroatoms. The number of carbonyl (C=O) groups excluding carboxylic acids is 1. The molecule has 1 N–H and O–H groups in total. The Bertz CT molecular complexity index is 175. The van der Waals surface area contributed by atoms with Crippen LogP contribution in [0.2, 0.25) is 0 Å². The van der Waals surface area contributed by atoms with Gasteiger partial charge in [-0.2, -0.15) is 0 Å². The molecule has 0 radical (unpaired) electrons. The Labute approximate surface area is 91.0 Å². The fourth-order valence-electron chi connectivity index (χ4n) is 1.28. The summed E-state index contributed by atoms with van der Waals surface area (Å²) in [6.45, 7) is 3.27. The third-order valence-corrected chi connectivity index (χ3v) is 2.01. The largest absolute Gasteiger partial charge is 0.389 e. The van der Waals surface area contributed by atoms with E-state index in [9.17, 15) is 9.90 Å². The van der Waals surface area contributed by atoms with Crippen LogP contribution in [0.15, 0.2) is 0 Å². The molecular formula is C10H21NO4. The van der Waals surface area contributed by atoms with Crippen molar-refractivity contribution in [2.45, 2.75) is 19.4 Å². The highest BCUT2D eigenvalue weighted by Crippen LogP contribution is 1.97. The number of aliphatic hydroxyl groups excluding tert-OH is 1. The Morgan fingerprint density at radius 1 is 1.40 bits per heavy atom. The van der Waals surface area contributed by atoms with Crippen LogP contribution < -0.4 is 0 Å². The molecule has 0 spiro atoms. The summed E-state index contributed by atoms with van der Waals surface area (Å²) in [5, 5.41) is 9.47. The maximum atomic E-state index is 11.2. The average molecular weight is 219 g/mol. The molecule has 0 rings (SSSR count). The molecule has 0 saturated heterocycles. The van der Waals surface area contributed by atoms with Crippen molar-refractivity contribution in [1.29, 1.82) is 0 Å². The van der Waals surface area contributed by atoms with Gasteiger partial charge in [-0.25, -0.2) is 0 Å². The highest BCUT2D eigenvalue weighted by Gasteiger charge is 2.13. The van der Waals surface area contributed by atoms with Crippen molar-refractivity contribution in [2.24, 2.45) is 0 Å². The number of rotatable bonds is 8. The van der Waals surface area contributed by atoms with Gasteiger partial charge in [0.25, 0.3) is 0 Å². The van der Waals surface area contributed by atoms with Gasteiger partial charge in [-0.05, 0) is 6.42 Å². The predicted octanol–water partition coefficient (Wildman–Crippen LogP) is -0.121. The fourth-order valence-corrected chi connectivity index (χ4v) is 1.28. The van der Waals surface area contributed by atoms with Gasteiger partial charge in [0, 0.05) is 40.8 Å². The Hall–Kier alpha value is -0.650. The van der Waals surface area contributed by atoms with Gasteiger partial charge in [0.05, 0.1) is 12.7 Å². The SMILES string of the molecule is COCCCN(CC(O)COC)C(C)=O. The summed E-state index contributed by atoms with van der Waals surface area (Å²) in [4.78, 5) is 12.8. The zero-order valence-electron chi connectivity index (χ0n) is 9.73. The van der Waals surface area contributed by atoms with E-state index in [0.717, 1.165) is 6.42 Å². The van der Waals surface area contributed by atoms with Crippen LogP contribution in [0.25, 0.3) is 0 Å². The zero-order chi connectivity index (χ0) is 11.7. The summed E-state index contributed by atoms with van der Waals surface area (Å²) < 4.78 is 9.70. The molecule has 0 saturated carbocycles. The molecule has 0 aromatic rings. The van der Waals surface area contributed by atoms with E-state index in [4.69, 9.17) is 9.47 Å². The minimum atomic E-state index is -0.624. The van der Waals surface area contributed by atoms with E-state index in [2.05, 4.69) is 0 Å². The molecule has 0 heterocycles. The van der Waals surface area contributed by atoms with E-state index < -0.39 is 6.10 Å². The monoisotopic (exact) mass is 219 g/mol. The second-order valence-electron chi connectivity index (χ2n) is 3.42. The van der Waals surface area contributed by atoms with Crippen LogP contribution in [0.5, 0.6) is 0 Å². The number of hydrogen-bond acceptors (Lipinski definition) is 4. The van der Waals surface area contributed by atoms with Crippen molar-refractivity contribution in [3.05, 3.63) is 0 Å². The van der Waals surface area contributed by atoms with E-state index in [-0.39, 0.29) is 12.5 Å². The first-order chi connectivity index (χ1) is 7.11. The molecule has 0 aromatic heterocycles. The Morgan fingerprint density at radius 3 is 2.53 bits per heavy atom. The molecule has 0 aliphatic rings. The van der Waals surface area contributed by atoms with Crippen molar-refractivity contribution in [3.8, 4) is 0 Å². The predicted molar refractivity (Wildman–Crippen MR) is 56.6 cm³/mol. The van der Waals surface area contributed by atoms with Crippen LogP contribution in [0.4, 0.5) is 0 Å². The highest BCUT2D eigenvalue weighted by atomic mass is 16.5. The van der Waals surface area contributed by atoms with Crippen LogP contribution in [0.1, 0.15) is 13.3 Å². The van der Waals surface area contributed by atoms with Crippen LogP contribution in [-0.4, -0.2) is 62.5 Å². The van der Waals surface area contributed by atoms with Crippen LogP contribution in [0.3, 0.4) is 0 Å². The molecule has 0 aliphatic heterocycles. The maximum absolute atomic E-state index is 11.2. The minimum absolute atomic E-state index is 0.0405. The van der Waals surface area contributed by atoms with Crippen LogP contribution in [0, 0.1) is 0 Å². The number of nitrogens with zero attached hydrogens (tertiary/aromatic N) is 1. The van der Waals surface area contributed by atoms with Gasteiger partial charge in [-0.15, -0.1) is 0 Å². The number of hydrogen-bond donors (Lipinski definition) is 1. The van der Waals surface area contributed by atoms with Gasteiger partial charge in [0.15, 0.2) is 0 Å². The zero-order valence-corrected chi connectivity index (χ0v) is 9.73. The standard InChI is InChI=1S/C10H21NO4/c1-9(12)11(5-4-6-14-2)7-10(13)8-15-3/h10,13H,4-8H2,1-3H3. The van der Waals surface area contributed by atoms with Crippen molar-refractivity contribution in [3.63, 3.8) is 0 Å². The summed E-state index contributed by atoms with van der Waals surface area (Å²) in [7, 11) is 3.14. The van der Waals surface area contributed by atoms with E-state index >= 15 is 0 Å². The average Bonchev–Trinajstić information content (AvgIpc) is 2.16. The van der Waals surface area contributed by atoms with Gasteiger partial charge in [0.1, 0.15) is 0 Å². The number of aliphatic hydroxyl groups is 1. The van der Waals surface area contributed by atoms with Crippen molar-refractivity contribution >= 4 is 5.91 Å². The van der Waals surface area contributed by atoms with E-state index in [1.807, 2.05) is 0 Å². The molecule has 15 heavy (non-hydrogen) atoms. The fraction of sp³-hybridized carbons (Fsp3) is 0.900. The molecule has 0 aromatic carbocycles. The van der Waals surface area contributed by atoms with Crippen LogP contribution >= 0.6 is 0 Å². The molecule has 1 amide bonds. The Balaban J connectivity index is 3.87. The van der Waals surface area contributed by atoms with Crippen molar-refractivity contribution in [1.82, 2.24) is 4.90 Å².